The van der Waals surface area contributed by atoms with Crippen LogP contribution in [0.3, 0.4) is 0 Å². The molecule has 0 spiro atoms. The molecule has 3 aliphatic rings. The van der Waals surface area contributed by atoms with E-state index in [1.165, 1.54) is 0 Å². The summed E-state index contributed by atoms with van der Waals surface area (Å²) in [5.74, 6) is 0. The van der Waals surface area contributed by atoms with Crippen LogP contribution in [0.15, 0.2) is 139 Å². The Morgan fingerprint density at radius 3 is 0.533 bits per heavy atom. The van der Waals surface area contributed by atoms with Gasteiger partial charge in [0.05, 0.1) is 33.2 Å². The predicted octanol–water partition coefficient (Wildman–Crippen LogP) is 12.4. The highest BCUT2D eigenvalue weighted by molar-refractivity contribution is 5.93. The van der Waals surface area contributed by atoms with E-state index in [0.29, 0.717) is 0 Å². The molecule has 0 fully saturated rings. The molecule has 0 amide bonds. The molecule has 5 aromatic rings. The number of aliphatic imine (C=N–C) groups is 6. The summed E-state index contributed by atoms with van der Waals surface area (Å²) in [6.45, 7) is 25.9. The van der Waals surface area contributed by atoms with Gasteiger partial charge in [0.15, 0.2) is 0 Å². The van der Waals surface area contributed by atoms with E-state index >= 15 is 0 Å². The minimum atomic E-state index is -0.515. The van der Waals surface area contributed by atoms with Gasteiger partial charge in [-0.25, -0.2) is 0 Å². The second kappa shape index (κ2) is 15.6. The predicted molar refractivity (Wildman–Crippen MR) is 256 cm³/mol. The third-order valence-electron chi connectivity index (χ3n) is 12.0. The Kier molecular flexibility index (Phi) is 11.0. The first-order chi connectivity index (χ1) is 28.1. The van der Waals surface area contributed by atoms with Crippen LogP contribution in [-0.4, -0.2) is 37.3 Å². The molecule has 0 aromatic heterocycles. The van der Waals surface area contributed by atoms with Gasteiger partial charge in [-0.3, -0.25) is 30.0 Å². The van der Waals surface area contributed by atoms with Crippen LogP contribution in [0.4, 0.5) is 0 Å². The van der Waals surface area contributed by atoms with Crippen LogP contribution in [0.5, 0.6) is 0 Å². The van der Waals surface area contributed by atoms with Crippen molar-refractivity contribution < 1.29 is 0 Å². The van der Waals surface area contributed by atoms with Crippen molar-refractivity contribution in [1.82, 2.24) is 0 Å². The SMILES string of the molecule is CC1(C)N=Cc2cc3cc(c2)C=NC(C)(C)c2cccc(c2)C(C)(C)N=Cc2cc(cc(c2)C=NC(C)(C)c2cccc(c2)C(C)(C)N=C3)C=NC(C)(C)c2cccc1c2. The molecule has 0 saturated carbocycles. The summed E-state index contributed by atoms with van der Waals surface area (Å²) in [5.41, 5.74) is 9.39. The molecular formula is C54H60N6. The molecule has 12 bridgehead atoms. The van der Waals surface area contributed by atoms with Crippen molar-refractivity contribution in [2.24, 2.45) is 30.0 Å². The Hall–Kier alpha value is -5.88. The average molecular weight is 793 g/mol. The van der Waals surface area contributed by atoms with Gasteiger partial charge in [0.1, 0.15) is 0 Å². The van der Waals surface area contributed by atoms with Gasteiger partial charge >= 0.3 is 0 Å². The van der Waals surface area contributed by atoms with Gasteiger partial charge in [-0.05, 0) is 186 Å². The maximum absolute atomic E-state index is 5.23. The summed E-state index contributed by atoms with van der Waals surface area (Å²) >= 11 is 0. The average Bonchev–Trinajstić information content (AvgIpc) is 3.22. The Morgan fingerprint density at radius 2 is 0.383 bits per heavy atom. The second-order valence-electron chi connectivity index (χ2n) is 19.5. The molecule has 0 atom stereocenters. The van der Waals surface area contributed by atoms with Crippen LogP contribution in [0.2, 0.25) is 0 Å². The van der Waals surface area contributed by atoms with Gasteiger partial charge in [0.2, 0.25) is 0 Å². The first kappa shape index (κ1) is 42.3. The van der Waals surface area contributed by atoms with Crippen LogP contribution >= 0.6 is 0 Å². The minimum absolute atomic E-state index is 0.515. The van der Waals surface area contributed by atoms with Crippen LogP contribution in [0.25, 0.3) is 0 Å². The maximum atomic E-state index is 5.23. The number of nitrogens with zero attached hydrogens (tertiary/aromatic N) is 6. The number of rotatable bonds is 0. The fourth-order valence-corrected chi connectivity index (χ4v) is 7.56. The van der Waals surface area contributed by atoms with Crippen molar-refractivity contribution in [3.8, 4) is 0 Å². The summed E-state index contributed by atoms with van der Waals surface area (Å²) in [6.07, 6.45) is 11.9. The fraction of sp³-hybridized carbons (Fsp3) is 0.333. The first-order valence-corrected chi connectivity index (χ1v) is 21.1. The molecule has 0 N–H and O–H groups in total. The van der Waals surface area contributed by atoms with E-state index in [4.69, 9.17) is 30.0 Å². The lowest BCUT2D eigenvalue weighted by molar-refractivity contribution is 0.540. The van der Waals surface area contributed by atoms with Crippen molar-refractivity contribution in [1.29, 1.82) is 0 Å². The Balaban J connectivity index is 1.52. The smallest absolute Gasteiger partial charge is 0.0800 e. The summed E-state index contributed by atoms with van der Waals surface area (Å²) < 4.78 is 0. The molecule has 0 radical (unpaired) electrons. The van der Waals surface area contributed by atoms with E-state index in [2.05, 4.69) is 192 Å². The molecule has 8 rings (SSSR count). The van der Waals surface area contributed by atoms with Gasteiger partial charge in [-0.15, -0.1) is 0 Å². The van der Waals surface area contributed by atoms with Crippen LogP contribution in [0, 0.1) is 0 Å². The summed E-state index contributed by atoms with van der Waals surface area (Å²) in [4.78, 5) is 31.4. The lowest BCUT2D eigenvalue weighted by Gasteiger charge is -2.26. The standard InChI is InChI=1S/C54H60N6/c1-49(2)43-16-13-17-44(28-43)50(3,4)56-34-40-25-41-27-42(26-40)36-60-54(11,12)48-21-15-19-46(30-48)52(7,8)58-33-39-23-37(31-55-49)22-38(24-39)32-57-51(5,6)45-18-14-20-47(29-45)53(9,10)59-35-41/h13-36H,1-12H3. The van der Waals surface area contributed by atoms with E-state index in [9.17, 15) is 0 Å². The van der Waals surface area contributed by atoms with Gasteiger partial charge in [-0.2, -0.15) is 0 Å². The highest BCUT2D eigenvalue weighted by Gasteiger charge is 2.27. The molecule has 60 heavy (non-hydrogen) atoms. The first-order valence-electron chi connectivity index (χ1n) is 21.1. The Morgan fingerprint density at radius 1 is 0.233 bits per heavy atom. The zero-order valence-corrected chi connectivity index (χ0v) is 37.5. The van der Waals surface area contributed by atoms with Gasteiger partial charge < -0.3 is 0 Å². The maximum Gasteiger partial charge on any atom is 0.0800 e. The summed E-state index contributed by atoms with van der Waals surface area (Å²) in [7, 11) is 0. The van der Waals surface area contributed by atoms with E-state index in [0.717, 1.165) is 66.8 Å². The molecule has 0 aliphatic carbocycles. The van der Waals surface area contributed by atoms with E-state index < -0.39 is 33.2 Å². The lowest BCUT2D eigenvalue weighted by atomic mass is 9.87. The van der Waals surface area contributed by atoms with Crippen molar-refractivity contribution in [2.75, 3.05) is 0 Å². The zero-order valence-electron chi connectivity index (χ0n) is 37.5. The van der Waals surface area contributed by atoms with Crippen LogP contribution in [0.1, 0.15) is 150 Å². The van der Waals surface area contributed by atoms with E-state index in [-0.39, 0.29) is 0 Å². The third kappa shape index (κ3) is 9.44. The van der Waals surface area contributed by atoms with Crippen LogP contribution in [-0.2, 0) is 33.2 Å². The molecule has 0 saturated heterocycles. The highest BCUT2D eigenvalue weighted by Crippen LogP contribution is 2.35. The largest absolute Gasteiger partial charge is 0.282 e. The van der Waals surface area contributed by atoms with Crippen molar-refractivity contribution >= 4 is 37.3 Å². The number of fused-ring (bicyclic) bond motifs is 6. The molecular weight excluding hydrogens is 733 g/mol. The summed E-state index contributed by atoms with van der Waals surface area (Å²) in [5, 5.41) is 0. The molecule has 3 heterocycles. The highest BCUT2D eigenvalue weighted by atomic mass is 14.9. The quantitative estimate of drug-likeness (QED) is 0.150. The zero-order chi connectivity index (χ0) is 43.1. The van der Waals surface area contributed by atoms with Gasteiger partial charge in [0.25, 0.3) is 0 Å². The molecule has 306 valence electrons. The van der Waals surface area contributed by atoms with Crippen molar-refractivity contribution in [2.45, 2.75) is 116 Å². The topological polar surface area (TPSA) is 74.2 Å². The molecule has 0 unspecified atom stereocenters. The van der Waals surface area contributed by atoms with Crippen molar-refractivity contribution in [3.63, 3.8) is 0 Å². The normalized spacial score (nSPS) is 19.4. The number of hydrogen-bond acceptors (Lipinski definition) is 6. The fourth-order valence-electron chi connectivity index (χ4n) is 7.56. The lowest BCUT2D eigenvalue weighted by Crippen LogP contribution is -2.19. The van der Waals surface area contributed by atoms with Gasteiger partial charge in [0, 0.05) is 37.3 Å². The van der Waals surface area contributed by atoms with Crippen molar-refractivity contribution in [3.05, 3.63) is 176 Å². The van der Waals surface area contributed by atoms with E-state index in [1.807, 2.05) is 37.3 Å². The number of benzene rings is 5. The molecule has 6 heteroatoms. The number of hydrogen-bond donors (Lipinski definition) is 0. The van der Waals surface area contributed by atoms with Gasteiger partial charge in [-0.1, -0.05) is 72.8 Å². The Labute approximate surface area is 358 Å². The monoisotopic (exact) mass is 792 g/mol. The second-order valence-corrected chi connectivity index (χ2v) is 19.5. The molecule has 3 aliphatic heterocycles. The Bertz CT molecular complexity index is 2130. The minimum Gasteiger partial charge on any atom is -0.282 e. The van der Waals surface area contributed by atoms with Crippen LogP contribution < -0.4 is 0 Å². The molecule has 5 aromatic carbocycles. The summed E-state index contributed by atoms with van der Waals surface area (Å²) in [6, 6.07) is 38.9. The van der Waals surface area contributed by atoms with E-state index in [1.54, 1.807) is 0 Å². The molecule has 6 nitrogen and oxygen atoms in total. The third-order valence-corrected chi connectivity index (χ3v) is 12.0.